The largest absolute Gasteiger partial charge is 0.497 e. The molecular formula is C22H21N3O3. The van der Waals surface area contributed by atoms with Gasteiger partial charge in [-0.25, -0.2) is 4.68 Å². The fraction of sp³-hybridized carbons (Fsp3) is 0.227. The number of amides is 1. The molecule has 0 unspecified atom stereocenters. The van der Waals surface area contributed by atoms with E-state index in [0.29, 0.717) is 35.8 Å². The van der Waals surface area contributed by atoms with Crippen molar-refractivity contribution in [3.8, 4) is 11.4 Å². The second kappa shape index (κ2) is 6.96. The predicted molar refractivity (Wildman–Crippen MR) is 107 cm³/mol. The van der Waals surface area contributed by atoms with Crippen LogP contribution in [0.1, 0.15) is 39.0 Å². The predicted octanol–water partition coefficient (Wildman–Crippen LogP) is 3.59. The SMILES string of the molecule is COc1ccc(-n2nc(C(C)=O)c3c2C(=O)N(c2ccc(C)cc2)CC3)cc1. The Kier molecular flexibility index (Phi) is 4.47. The third kappa shape index (κ3) is 2.97. The van der Waals surface area contributed by atoms with Crippen molar-refractivity contribution in [3.63, 3.8) is 0 Å². The Morgan fingerprint density at radius 3 is 2.29 bits per heavy atom. The maximum Gasteiger partial charge on any atom is 0.277 e. The van der Waals surface area contributed by atoms with Gasteiger partial charge in [0.1, 0.15) is 17.1 Å². The fourth-order valence-electron chi connectivity index (χ4n) is 3.52. The second-order valence-corrected chi connectivity index (χ2v) is 6.88. The van der Waals surface area contributed by atoms with E-state index in [4.69, 9.17) is 4.74 Å². The number of rotatable bonds is 4. The summed E-state index contributed by atoms with van der Waals surface area (Å²) in [5.74, 6) is 0.421. The van der Waals surface area contributed by atoms with Gasteiger partial charge < -0.3 is 9.64 Å². The van der Waals surface area contributed by atoms with Crippen LogP contribution in [0.5, 0.6) is 5.75 Å². The van der Waals surface area contributed by atoms with Crippen molar-refractivity contribution in [3.05, 3.63) is 71.0 Å². The van der Waals surface area contributed by atoms with Gasteiger partial charge in [-0.15, -0.1) is 0 Å². The minimum Gasteiger partial charge on any atom is -0.497 e. The first kappa shape index (κ1) is 18.0. The van der Waals surface area contributed by atoms with E-state index in [1.165, 1.54) is 6.92 Å². The highest BCUT2D eigenvalue weighted by Crippen LogP contribution is 2.29. The van der Waals surface area contributed by atoms with Gasteiger partial charge in [-0.05, 0) is 49.7 Å². The van der Waals surface area contributed by atoms with E-state index in [1.54, 1.807) is 16.7 Å². The number of hydrogen-bond donors (Lipinski definition) is 0. The molecular weight excluding hydrogens is 354 g/mol. The first-order valence-electron chi connectivity index (χ1n) is 9.15. The lowest BCUT2D eigenvalue weighted by atomic mass is 10.0. The third-order valence-corrected chi connectivity index (χ3v) is 5.01. The molecule has 28 heavy (non-hydrogen) atoms. The van der Waals surface area contributed by atoms with E-state index < -0.39 is 0 Å². The smallest absolute Gasteiger partial charge is 0.277 e. The van der Waals surface area contributed by atoms with Gasteiger partial charge in [-0.2, -0.15) is 5.10 Å². The number of anilines is 1. The lowest BCUT2D eigenvalue weighted by molar-refractivity contribution is 0.0972. The summed E-state index contributed by atoms with van der Waals surface area (Å²) in [7, 11) is 1.60. The van der Waals surface area contributed by atoms with Crippen LogP contribution in [-0.2, 0) is 6.42 Å². The number of benzene rings is 2. The van der Waals surface area contributed by atoms with Gasteiger partial charge in [0.2, 0.25) is 0 Å². The number of fused-ring (bicyclic) bond motifs is 1. The number of aryl methyl sites for hydroxylation is 1. The normalized spacial score (nSPS) is 13.4. The minimum atomic E-state index is -0.152. The Bertz CT molecular complexity index is 1050. The number of ketones is 1. The van der Waals surface area contributed by atoms with Crippen LogP contribution in [0.4, 0.5) is 5.69 Å². The van der Waals surface area contributed by atoms with Crippen LogP contribution in [0.2, 0.25) is 0 Å². The van der Waals surface area contributed by atoms with E-state index in [9.17, 15) is 9.59 Å². The first-order chi connectivity index (χ1) is 13.5. The highest BCUT2D eigenvalue weighted by Gasteiger charge is 2.34. The van der Waals surface area contributed by atoms with Gasteiger partial charge in [-0.3, -0.25) is 9.59 Å². The first-order valence-corrected chi connectivity index (χ1v) is 9.15. The summed E-state index contributed by atoms with van der Waals surface area (Å²) in [6.45, 7) is 4.01. The summed E-state index contributed by atoms with van der Waals surface area (Å²) < 4.78 is 6.79. The molecule has 1 amide bonds. The van der Waals surface area contributed by atoms with Gasteiger partial charge in [-0.1, -0.05) is 17.7 Å². The van der Waals surface area contributed by atoms with Crippen LogP contribution < -0.4 is 9.64 Å². The van der Waals surface area contributed by atoms with Gasteiger partial charge in [0, 0.05) is 24.7 Å². The number of carbonyl (C=O) groups excluding carboxylic acids is 2. The Hall–Kier alpha value is -3.41. The highest BCUT2D eigenvalue weighted by molar-refractivity contribution is 6.09. The average molecular weight is 375 g/mol. The molecule has 0 N–H and O–H groups in total. The van der Waals surface area contributed by atoms with Crippen molar-refractivity contribution in [1.29, 1.82) is 0 Å². The maximum absolute atomic E-state index is 13.4. The number of aromatic nitrogens is 2. The fourth-order valence-corrected chi connectivity index (χ4v) is 3.52. The summed E-state index contributed by atoms with van der Waals surface area (Å²) in [6, 6.07) is 15.1. The molecule has 0 saturated carbocycles. The number of Topliss-reactive ketones (excluding diaryl/α,β-unsaturated/α-hetero) is 1. The number of hydrogen-bond acceptors (Lipinski definition) is 4. The van der Waals surface area contributed by atoms with E-state index in [0.717, 1.165) is 16.8 Å². The van der Waals surface area contributed by atoms with Crippen molar-refractivity contribution in [2.45, 2.75) is 20.3 Å². The number of carbonyl (C=O) groups is 2. The van der Waals surface area contributed by atoms with Crippen molar-refractivity contribution in [1.82, 2.24) is 9.78 Å². The summed E-state index contributed by atoms with van der Waals surface area (Å²) in [5, 5.41) is 4.49. The molecule has 142 valence electrons. The van der Waals surface area contributed by atoms with Crippen LogP contribution in [0, 0.1) is 6.92 Å². The van der Waals surface area contributed by atoms with Crippen LogP contribution in [0.25, 0.3) is 5.69 Å². The maximum atomic E-state index is 13.4. The quantitative estimate of drug-likeness (QED) is 0.654. The van der Waals surface area contributed by atoms with Gasteiger partial charge in [0.25, 0.3) is 5.91 Å². The topological polar surface area (TPSA) is 64.4 Å². The third-order valence-electron chi connectivity index (χ3n) is 5.01. The van der Waals surface area contributed by atoms with E-state index in [1.807, 2.05) is 55.5 Å². The summed E-state index contributed by atoms with van der Waals surface area (Å²) in [6.07, 6.45) is 0.583. The molecule has 0 radical (unpaired) electrons. The molecule has 1 aliphatic heterocycles. The molecule has 2 heterocycles. The van der Waals surface area contributed by atoms with E-state index in [-0.39, 0.29) is 11.7 Å². The monoisotopic (exact) mass is 375 g/mol. The Balaban J connectivity index is 1.83. The highest BCUT2D eigenvalue weighted by atomic mass is 16.5. The van der Waals surface area contributed by atoms with Crippen molar-refractivity contribution in [2.75, 3.05) is 18.6 Å². The lowest BCUT2D eigenvalue weighted by Gasteiger charge is -2.28. The standard InChI is InChI=1S/C22H21N3O3/c1-14-4-6-16(7-5-14)24-13-12-19-20(15(2)26)23-25(21(19)22(24)27)17-8-10-18(28-3)11-9-17/h4-11H,12-13H2,1-3H3. The molecule has 6 heteroatoms. The zero-order valence-corrected chi connectivity index (χ0v) is 16.1. The molecule has 6 nitrogen and oxygen atoms in total. The van der Waals surface area contributed by atoms with Crippen molar-refractivity contribution < 1.29 is 14.3 Å². The number of ether oxygens (including phenoxy) is 1. The molecule has 0 fully saturated rings. The molecule has 0 bridgehead atoms. The van der Waals surface area contributed by atoms with Crippen molar-refractivity contribution in [2.24, 2.45) is 0 Å². The Morgan fingerprint density at radius 2 is 1.68 bits per heavy atom. The molecule has 0 spiro atoms. The van der Waals surface area contributed by atoms with Gasteiger partial charge in [0.15, 0.2) is 5.78 Å². The lowest BCUT2D eigenvalue weighted by Crippen LogP contribution is -2.39. The zero-order valence-electron chi connectivity index (χ0n) is 16.1. The van der Waals surface area contributed by atoms with E-state index >= 15 is 0 Å². The summed E-state index contributed by atoms with van der Waals surface area (Å²) in [4.78, 5) is 27.3. The second-order valence-electron chi connectivity index (χ2n) is 6.88. The van der Waals surface area contributed by atoms with Gasteiger partial charge >= 0.3 is 0 Å². The van der Waals surface area contributed by atoms with Crippen LogP contribution in [0.3, 0.4) is 0 Å². The molecule has 3 aromatic rings. The molecule has 1 aliphatic rings. The molecule has 0 atom stereocenters. The zero-order chi connectivity index (χ0) is 19.8. The molecule has 2 aromatic carbocycles. The van der Waals surface area contributed by atoms with Crippen molar-refractivity contribution >= 4 is 17.4 Å². The van der Waals surface area contributed by atoms with Crippen LogP contribution in [-0.4, -0.2) is 35.1 Å². The Morgan fingerprint density at radius 1 is 1.04 bits per heavy atom. The minimum absolute atomic E-state index is 0.139. The molecule has 0 saturated heterocycles. The summed E-state index contributed by atoms with van der Waals surface area (Å²) in [5.41, 5.74) is 4.22. The number of nitrogens with zero attached hydrogens (tertiary/aromatic N) is 3. The Labute approximate surface area is 163 Å². The van der Waals surface area contributed by atoms with E-state index in [2.05, 4.69) is 5.10 Å². The molecule has 0 aliphatic carbocycles. The molecule has 4 rings (SSSR count). The van der Waals surface area contributed by atoms with Gasteiger partial charge in [0.05, 0.1) is 12.8 Å². The molecule has 1 aromatic heterocycles. The summed E-state index contributed by atoms with van der Waals surface area (Å²) >= 11 is 0. The average Bonchev–Trinajstić information content (AvgIpc) is 3.10. The van der Waals surface area contributed by atoms with Crippen LogP contribution >= 0.6 is 0 Å². The number of methoxy groups -OCH3 is 1. The van der Waals surface area contributed by atoms with Crippen LogP contribution in [0.15, 0.2) is 48.5 Å².